The van der Waals surface area contributed by atoms with E-state index in [9.17, 15) is 5.11 Å². The van der Waals surface area contributed by atoms with E-state index in [1.165, 1.54) is 18.4 Å². The van der Waals surface area contributed by atoms with Crippen LogP contribution in [0.4, 0.5) is 0 Å². The summed E-state index contributed by atoms with van der Waals surface area (Å²) in [5.41, 5.74) is 1.21. The van der Waals surface area contributed by atoms with Crippen LogP contribution in [-0.4, -0.2) is 39.0 Å². The predicted octanol–water partition coefficient (Wildman–Crippen LogP) is 1.16. The van der Waals surface area contributed by atoms with Crippen LogP contribution in [0.15, 0.2) is 12.4 Å². The molecule has 4 nitrogen and oxygen atoms in total. The molecule has 2 rings (SSSR count). The zero-order valence-corrected chi connectivity index (χ0v) is 10.1. The fourth-order valence-electron chi connectivity index (χ4n) is 2.56. The van der Waals surface area contributed by atoms with Gasteiger partial charge >= 0.3 is 0 Å². The van der Waals surface area contributed by atoms with Crippen molar-refractivity contribution < 1.29 is 5.11 Å². The fraction of sp³-hybridized carbons (Fsp3) is 0.750. The highest BCUT2D eigenvalue weighted by Gasteiger charge is 2.26. The Hall–Kier alpha value is -0.870. The molecule has 0 radical (unpaired) electrons. The second kappa shape index (κ2) is 4.97. The first kappa shape index (κ1) is 11.6. The molecule has 1 aliphatic carbocycles. The molecule has 1 aliphatic rings. The highest BCUT2D eigenvalue weighted by molar-refractivity contribution is 5.03. The van der Waals surface area contributed by atoms with Gasteiger partial charge in [0.05, 0.1) is 12.3 Å². The van der Waals surface area contributed by atoms with Crippen molar-refractivity contribution in [3.05, 3.63) is 18.0 Å². The lowest BCUT2D eigenvalue weighted by Gasteiger charge is -2.34. The van der Waals surface area contributed by atoms with E-state index in [2.05, 4.69) is 17.0 Å². The van der Waals surface area contributed by atoms with Gasteiger partial charge in [-0.1, -0.05) is 12.8 Å². The lowest BCUT2D eigenvalue weighted by Crippen LogP contribution is -2.42. The van der Waals surface area contributed by atoms with Crippen LogP contribution < -0.4 is 0 Å². The largest absolute Gasteiger partial charge is 0.391 e. The van der Waals surface area contributed by atoms with Crippen LogP contribution in [0.2, 0.25) is 0 Å². The quantitative estimate of drug-likeness (QED) is 0.836. The Morgan fingerprint density at radius 1 is 1.50 bits per heavy atom. The van der Waals surface area contributed by atoms with E-state index in [1.54, 1.807) is 0 Å². The van der Waals surface area contributed by atoms with Crippen molar-refractivity contribution in [3.63, 3.8) is 0 Å². The monoisotopic (exact) mass is 223 g/mol. The lowest BCUT2D eigenvalue weighted by atomic mass is 9.91. The average molecular weight is 223 g/mol. The van der Waals surface area contributed by atoms with Crippen LogP contribution in [0, 0.1) is 0 Å². The molecular weight excluding hydrogens is 202 g/mol. The molecule has 1 N–H and O–H groups in total. The maximum Gasteiger partial charge on any atom is 0.0695 e. The highest BCUT2D eigenvalue weighted by atomic mass is 16.3. The molecule has 1 saturated carbocycles. The van der Waals surface area contributed by atoms with Gasteiger partial charge in [-0.25, -0.2) is 0 Å². The Morgan fingerprint density at radius 2 is 2.25 bits per heavy atom. The van der Waals surface area contributed by atoms with E-state index in [0.29, 0.717) is 6.04 Å². The molecule has 4 heteroatoms. The molecule has 90 valence electrons. The molecule has 16 heavy (non-hydrogen) atoms. The molecule has 0 unspecified atom stereocenters. The van der Waals surface area contributed by atoms with E-state index in [4.69, 9.17) is 0 Å². The normalized spacial score (nSPS) is 26.2. The van der Waals surface area contributed by atoms with E-state index < -0.39 is 0 Å². The minimum atomic E-state index is -0.157. The van der Waals surface area contributed by atoms with Gasteiger partial charge in [0, 0.05) is 31.4 Å². The zero-order valence-electron chi connectivity index (χ0n) is 10.1. The summed E-state index contributed by atoms with van der Waals surface area (Å²) in [5, 5.41) is 14.1. The van der Waals surface area contributed by atoms with Gasteiger partial charge in [0.15, 0.2) is 0 Å². The zero-order chi connectivity index (χ0) is 11.5. The molecule has 0 bridgehead atoms. The summed E-state index contributed by atoms with van der Waals surface area (Å²) in [4.78, 5) is 2.25. The Morgan fingerprint density at radius 3 is 2.88 bits per heavy atom. The fourth-order valence-corrected chi connectivity index (χ4v) is 2.56. The van der Waals surface area contributed by atoms with Crippen molar-refractivity contribution in [2.45, 2.75) is 44.4 Å². The van der Waals surface area contributed by atoms with Crippen LogP contribution in [0.1, 0.15) is 31.2 Å². The van der Waals surface area contributed by atoms with Gasteiger partial charge in [0.25, 0.3) is 0 Å². The Bertz CT molecular complexity index is 337. The molecule has 0 aromatic carbocycles. The van der Waals surface area contributed by atoms with Crippen molar-refractivity contribution in [3.8, 4) is 0 Å². The molecule has 1 fully saturated rings. The van der Waals surface area contributed by atoms with E-state index >= 15 is 0 Å². The van der Waals surface area contributed by atoms with Gasteiger partial charge in [0.1, 0.15) is 0 Å². The van der Waals surface area contributed by atoms with E-state index in [-0.39, 0.29) is 6.10 Å². The highest BCUT2D eigenvalue weighted by Crippen LogP contribution is 2.23. The molecule has 1 heterocycles. The van der Waals surface area contributed by atoms with Crippen molar-refractivity contribution in [2.75, 3.05) is 7.05 Å². The Labute approximate surface area is 96.9 Å². The predicted molar refractivity (Wildman–Crippen MR) is 62.9 cm³/mol. The number of hydrogen-bond acceptors (Lipinski definition) is 3. The minimum absolute atomic E-state index is 0.157. The van der Waals surface area contributed by atoms with Crippen LogP contribution in [0.3, 0.4) is 0 Å². The molecule has 0 spiro atoms. The number of likely N-dealkylation sites (N-methyl/N-ethyl adjacent to an activating group) is 1. The third-order valence-electron chi connectivity index (χ3n) is 3.45. The van der Waals surface area contributed by atoms with Crippen LogP contribution in [0.5, 0.6) is 0 Å². The summed E-state index contributed by atoms with van der Waals surface area (Å²) in [6.45, 7) is 0.871. The summed E-state index contributed by atoms with van der Waals surface area (Å²) in [6, 6.07) is 0.314. The van der Waals surface area contributed by atoms with Crippen molar-refractivity contribution in [1.82, 2.24) is 14.7 Å². The maximum atomic E-state index is 9.96. The van der Waals surface area contributed by atoms with Crippen molar-refractivity contribution in [2.24, 2.45) is 7.05 Å². The number of aliphatic hydroxyl groups is 1. The minimum Gasteiger partial charge on any atom is -0.391 e. The van der Waals surface area contributed by atoms with Crippen molar-refractivity contribution >= 4 is 0 Å². The van der Waals surface area contributed by atoms with E-state index in [1.807, 2.05) is 24.1 Å². The molecule has 0 amide bonds. The summed E-state index contributed by atoms with van der Waals surface area (Å²) in [6.07, 6.45) is 8.23. The molecule has 0 saturated heterocycles. The number of aromatic nitrogens is 2. The van der Waals surface area contributed by atoms with E-state index in [0.717, 1.165) is 19.4 Å². The summed E-state index contributed by atoms with van der Waals surface area (Å²) in [5.74, 6) is 0. The van der Waals surface area contributed by atoms with Crippen LogP contribution in [-0.2, 0) is 13.6 Å². The first-order valence-electron chi connectivity index (χ1n) is 6.02. The van der Waals surface area contributed by atoms with Crippen molar-refractivity contribution in [1.29, 1.82) is 0 Å². The standard InChI is InChI=1S/C12H21N3O/c1-14(8-10-7-13-15(2)9-10)11-5-3-4-6-12(11)16/h7,9,11-12,16H,3-6,8H2,1-2H3/t11-,12-/m0/s1. The third-order valence-corrected chi connectivity index (χ3v) is 3.45. The molecular formula is C12H21N3O. The first-order valence-corrected chi connectivity index (χ1v) is 6.02. The Balaban J connectivity index is 1.93. The topological polar surface area (TPSA) is 41.3 Å². The average Bonchev–Trinajstić information content (AvgIpc) is 2.64. The van der Waals surface area contributed by atoms with Gasteiger partial charge in [0.2, 0.25) is 0 Å². The summed E-state index contributed by atoms with van der Waals surface area (Å²) >= 11 is 0. The number of hydrogen-bond donors (Lipinski definition) is 1. The molecule has 2 atom stereocenters. The first-order chi connectivity index (χ1) is 7.66. The number of aryl methyl sites for hydroxylation is 1. The Kier molecular flexibility index (Phi) is 3.61. The van der Waals surface area contributed by atoms with Gasteiger partial charge in [-0.05, 0) is 19.9 Å². The summed E-state index contributed by atoms with van der Waals surface area (Å²) < 4.78 is 1.82. The maximum absolute atomic E-state index is 9.96. The number of rotatable bonds is 3. The van der Waals surface area contributed by atoms with Gasteiger partial charge in [-0.15, -0.1) is 0 Å². The smallest absolute Gasteiger partial charge is 0.0695 e. The van der Waals surface area contributed by atoms with Gasteiger partial charge in [-0.3, -0.25) is 9.58 Å². The lowest BCUT2D eigenvalue weighted by molar-refractivity contribution is 0.0288. The van der Waals surface area contributed by atoms with Crippen LogP contribution in [0.25, 0.3) is 0 Å². The number of aliphatic hydroxyl groups excluding tert-OH is 1. The van der Waals surface area contributed by atoms with Gasteiger partial charge in [-0.2, -0.15) is 5.10 Å². The van der Waals surface area contributed by atoms with Crippen LogP contribution >= 0.6 is 0 Å². The third kappa shape index (κ3) is 2.62. The number of nitrogens with zero attached hydrogens (tertiary/aromatic N) is 3. The second-order valence-corrected chi connectivity index (χ2v) is 4.86. The van der Waals surface area contributed by atoms with Gasteiger partial charge < -0.3 is 5.11 Å². The SMILES string of the molecule is CN(Cc1cnn(C)c1)[C@H]1CCCC[C@@H]1O. The molecule has 1 aromatic heterocycles. The molecule has 1 aromatic rings. The second-order valence-electron chi connectivity index (χ2n) is 4.86. The summed E-state index contributed by atoms with van der Waals surface area (Å²) in [7, 11) is 4.02. The molecule has 0 aliphatic heterocycles.